The van der Waals surface area contributed by atoms with Crippen molar-refractivity contribution in [3.63, 3.8) is 0 Å². The van der Waals surface area contributed by atoms with E-state index in [1.54, 1.807) is 22.7 Å². The van der Waals surface area contributed by atoms with Crippen molar-refractivity contribution in [1.82, 2.24) is 14.5 Å². The maximum absolute atomic E-state index is 12.6. The van der Waals surface area contributed by atoms with Gasteiger partial charge in [-0.15, -0.1) is 0 Å². The van der Waals surface area contributed by atoms with Gasteiger partial charge in [-0.25, -0.2) is 4.98 Å². The molecule has 5 nitrogen and oxygen atoms in total. The number of thiophene rings is 2. The van der Waals surface area contributed by atoms with Crippen molar-refractivity contribution in [3.05, 3.63) is 51.2 Å². The summed E-state index contributed by atoms with van der Waals surface area (Å²) in [5.74, 6) is 1.17. The highest BCUT2D eigenvalue weighted by atomic mass is 32.1. The van der Waals surface area contributed by atoms with Crippen LogP contribution in [0.5, 0.6) is 0 Å². The number of rotatable bonds is 3. The standard InChI is InChI=1S/C19H19N3O2S2/c23-18(7-14-1-5-25-10-14)21-4-3-19(12-21)13-22-16(15-2-6-26-11-15)8-20-17(22)9-24-19/h1-2,5-6,8,10-11H,3-4,7,9,12-13H2/t19-/m1/s1. The van der Waals surface area contributed by atoms with Crippen LogP contribution in [0, 0.1) is 0 Å². The average molecular weight is 386 g/mol. The predicted octanol–water partition coefficient (Wildman–Crippen LogP) is 3.42. The van der Waals surface area contributed by atoms with Crippen molar-refractivity contribution >= 4 is 28.6 Å². The molecule has 1 atom stereocenters. The summed E-state index contributed by atoms with van der Waals surface area (Å²) in [6.07, 6.45) is 3.30. The van der Waals surface area contributed by atoms with E-state index in [0.717, 1.165) is 36.6 Å². The Balaban J connectivity index is 1.34. The molecule has 0 N–H and O–H groups in total. The van der Waals surface area contributed by atoms with E-state index in [2.05, 4.69) is 26.4 Å². The quantitative estimate of drug-likeness (QED) is 0.694. The molecule has 26 heavy (non-hydrogen) atoms. The lowest BCUT2D eigenvalue weighted by molar-refractivity contribution is -0.132. The Morgan fingerprint density at radius 2 is 2.12 bits per heavy atom. The Morgan fingerprint density at radius 3 is 2.92 bits per heavy atom. The molecule has 0 bridgehead atoms. The van der Waals surface area contributed by atoms with Gasteiger partial charge in [0.15, 0.2) is 0 Å². The van der Waals surface area contributed by atoms with Gasteiger partial charge in [0.25, 0.3) is 0 Å². The number of amides is 1. The molecule has 2 aliphatic rings. The molecule has 134 valence electrons. The van der Waals surface area contributed by atoms with E-state index in [-0.39, 0.29) is 11.5 Å². The predicted molar refractivity (Wildman–Crippen MR) is 102 cm³/mol. The van der Waals surface area contributed by atoms with Crippen molar-refractivity contribution in [3.8, 4) is 11.3 Å². The Hall–Kier alpha value is -1.96. The van der Waals surface area contributed by atoms with Crippen LogP contribution in [0.3, 0.4) is 0 Å². The smallest absolute Gasteiger partial charge is 0.227 e. The van der Waals surface area contributed by atoms with E-state index in [9.17, 15) is 4.79 Å². The van der Waals surface area contributed by atoms with Gasteiger partial charge in [-0.3, -0.25) is 4.79 Å². The molecule has 1 saturated heterocycles. The van der Waals surface area contributed by atoms with E-state index in [1.165, 1.54) is 5.56 Å². The highest BCUT2D eigenvalue weighted by molar-refractivity contribution is 7.08. The summed E-state index contributed by atoms with van der Waals surface area (Å²) in [5, 5.41) is 8.30. The minimum atomic E-state index is -0.289. The summed E-state index contributed by atoms with van der Waals surface area (Å²) in [6, 6.07) is 4.15. The summed E-state index contributed by atoms with van der Waals surface area (Å²) < 4.78 is 8.50. The number of hydrogen-bond donors (Lipinski definition) is 0. The number of likely N-dealkylation sites (tertiary alicyclic amines) is 1. The van der Waals surface area contributed by atoms with E-state index < -0.39 is 0 Å². The van der Waals surface area contributed by atoms with Gasteiger partial charge in [-0.1, -0.05) is 0 Å². The van der Waals surface area contributed by atoms with Gasteiger partial charge in [-0.2, -0.15) is 22.7 Å². The van der Waals surface area contributed by atoms with Crippen molar-refractivity contribution in [2.75, 3.05) is 13.1 Å². The third kappa shape index (κ3) is 2.80. The van der Waals surface area contributed by atoms with Gasteiger partial charge in [0.2, 0.25) is 5.91 Å². The first kappa shape index (κ1) is 16.2. The van der Waals surface area contributed by atoms with Gasteiger partial charge in [0.1, 0.15) is 18.0 Å². The topological polar surface area (TPSA) is 47.4 Å². The fourth-order valence-corrected chi connectivity index (χ4v) is 5.20. The lowest BCUT2D eigenvalue weighted by atomic mass is 10.0. The van der Waals surface area contributed by atoms with Crippen LogP contribution >= 0.6 is 22.7 Å². The van der Waals surface area contributed by atoms with Crippen LogP contribution in [0.2, 0.25) is 0 Å². The molecule has 5 rings (SSSR count). The average Bonchev–Trinajstić information content (AvgIpc) is 3.42. The van der Waals surface area contributed by atoms with Gasteiger partial charge >= 0.3 is 0 Å². The SMILES string of the molecule is O=C(Cc1ccsc1)N1CC[C@@]2(C1)Cn1c(-c3ccsc3)cnc1CO2. The normalized spacial score (nSPS) is 22.1. The van der Waals surface area contributed by atoms with Gasteiger partial charge in [0, 0.05) is 17.5 Å². The second-order valence-electron chi connectivity index (χ2n) is 7.00. The van der Waals surface area contributed by atoms with E-state index in [0.29, 0.717) is 19.6 Å². The maximum atomic E-state index is 12.6. The summed E-state index contributed by atoms with van der Waals surface area (Å²) in [6.45, 7) is 2.70. The number of aromatic nitrogens is 2. The van der Waals surface area contributed by atoms with Crippen molar-refractivity contribution in [2.24, 2.45) is 0 Å². The van der Waals surface area contributed by atoms with E-state index in [4.69, 9.17) is 4.74 Å². The van der Waals surface area contributed by atoms with Crippen LogP contribution in [0.1, 0.15) is 17.8 Å². The van der Waals surface area contributed by atoms with Crippen LogP contribution in [-0.4, -0.2) is 39.0 Å². The first-order chi connectivity index (χ1) is 12.7. The summed E-state index contributed by atoms with van der Waals surface area (Å²) in [4.78, 5) is 19.1. The molecule has 5 heterocycles. The molecule has 1 amide bonds. The fourth-order valence-electron chi connectivity index (χ4n) is 3.88. The second kappa shape index (κ2) is 6.33. The van der Waals surface area contributed by atoms with Crippen LogP contribution in [0.25, 0.3) is 11.3 Å². The molecule has 0 unspecified atom stereocenters. The number of carbonyl (C=O) groups excluding carboxylic acids is 1. The zero-order chi connectivity index (χ0) is 17.6. The highest BCUT2D eigenvalue weighted by Crippen LogP contribution is 2.35. The van der Waals surface area contributed by atoms with Crippen molar-refractivity contribution in [2.45, 2.75) is 31.6 Å². The Labute approximate surface area is 159 Å². The number of carbonyl (C=O) groups is 1. The van der Waals surface area contributed by atoms with Crippen molar-refractivity contribution < 1.29 is 9.53 Å². The maximum Gasteiger partial charge on any atom is 0.227 e. The zero-order valence-corrected chi connectivity index (χ0v) is 15.9. The van der Waals surface area contributed by atoms with E-state index in [1.807, 2.05) is 27.9 Å². The Bertz CT molecular complexity index is 917. The number of hydrogen-bond acceptors (Lipinski definition) is 5. The van der Waals surface area contributed by atoms with Crippen LogP contribution < -0.4 is 0 Å². The number of nitrogens with zero attached hydrogens (tertiary/aromatic N) is 3. The minimum Gasteiger partial charge on any atom is -0.363 e. The molecule has 2 aliphatic heterocycles. The molecule has 7 heteroatoms. The monoisotopic (exact) mass is 385 g/mol. The number of ether oxygens (including phenoxy) is 1. The molecular weight excluding hydrogens is 366 g/mol. The van der Waals surface area contributed by atoms with Crippen LogP contribution in [0.15, 0.2) is 39.8 Å². The lowest BCUT2D eigenvalue weighted by Crippen LogP contribution is -2.45. The molecule has 1 spiro atoms. The minimum absolute atomic E-state index is 0.193. The van der Waals surface area contributed by atoms with Gasteiger partial charge in [-0.05, 0) is 40.3 Å². The first-order valence-electron chi connectivity index (χ1n) is 8.72. The zero-order valence-electron chi connectivity index (χ0n) is 14.3. The van der Waals surface area contributed by atoms with Crippen LogP contribution in [-0.2, 0) is 29.1 Å². The van der Waals surface area contributed by atoms with Gasteiger partial charge < -0.3 is 14.2 Å². The molecule has 1 fully saturated rings. The Kier molecular flexibility index (Phi) is 3.95. The molecule has 0 saturated carbocycles. The Morgan fingerprint density at radius 1 is 1.23 bits per heavy atom. The molecule has 0 radical (unpaired) electrons. The first-order valence-corrected chi connectivity index (χ1v) is 10.6. The lowest BCUT2D eigenvalue weighted by Gasteiger charge is -2.35. The van der Waals surface area contributed by atoms with Crippen molar-refractivity contribution in [1.29, 1.82) is 0 Å². The third-order valence-electron chi connectivity index (χ3n) is 5.31. The molecule has 0 aromatic carbocycles. The van der Waals surface area contributed by atoms with E-state index >= 15 is 0 Å². The molecule has 3 aromatic rings. The number of fused-ring (bicyclic) bond motifs is 1. The second-order valence-corrected chi connectivity index (χ2v) is 8.56. The van der Waals surface area contributed by atoms with Gasteiger partial charge in [0.05, 0.1) is 31.4 Å². The fraction of sp³-hybridized carbons (Fsp3) is 0.368. The summed E-state index contributed by atoms with van der Waals surface area (Å²) in [5.41, 5.74) is 3.16. The molecule has 3 aromatic heterocycles. The number of imidazole rings is 1. The molecule has 0 aliphatic carbocycles. The summed E-state index contributed by atoms with van der Waals surface area (Å²) >= 11 is 3.33. The third-order valence-corrected chi connectivity index (χ3v) is 6.73. The highest BCUT2D eigenvalue weighted by Gasteiger charge is 2.44. The largest absolute Gasteiger partial charge is 0.363 e. The summed E-state index contributed by atoms with van der Waals surface area (Å²) in [7, 11) is 0. The molecular formula is C19H19N3O2S2. The van der Waals surface area contributed by atoms with Crippen LogP contribution in [0.4, 0.5) is 0 Å².